The molecular weight excluding hydrogens is 273 g/mol. The van der Waals surface area contributed by atoms with Gasteiger partial charge in [0.25, 0.3) is 0 Å². The van der Waals surface area contributed by atoms with Crippen LogP contribution in [0.3, 0.4) is 0 Å². The van der Waals surface area contributed by atoms with Crippen molar-refractivity contribution in [3.8, 4) is 11.8 Å². The van der Waals surface area contributed by atoms with Crippen molar-refractivity contribution in [1.29, 1.82) is 5.26 Å². The van der Waals surface area contributed by atoms with Crippen molar-refractivity contribution in [2.45, 2.75) is 13.0 Å². The number of carbonyl (C=O) groups is 1. The second-order valence-electron chi connectivity index (χ2n) is 4.43. The number of carboxylic acids is 1. The minimum atomic E-state index is -0.882. The Morgan fingerprint density at radius 2 is 1.86 bits per heavy atom. The molecule has 0 bridgehead atoms. The van der Waals surface area contributed by atoms with Gasteiger partial charge in [0.1, 0.15) is 24.2 Å². The van der Waals surface area contributed by atoms with Gasteiger partial charge in [-0.1, -0.05) is 24.3 Å². The van der Waals surface area contributed by atoms with Gasteiger partial charge in [-0.05, 0) is 23.3 Å². The normalized spacial score (nSPS) is 9.90. The summed E-state index contributed by atoms with van der Waals surface area (Å²) < 4.78 is 18.8. The Bertz CT molecular complexity index is 690. The van der Waals surface area contributed by atoms with E-state index in [-0.39, 0.29) is 18.6 Å². The van der Waals surface area contributed by atoms with E-state index >= 15 is 0 Å². The predicted molar refractivity (Wildman–Crippen MR) is 73.2 cm³/mol. The molecule has 0 radical (unpaired) electrons. The van der Waals surface area contributed by atoms with Crippen LogP contribution in [0.4, 0.5) is 4.39 Å². The average Bonchev–Trinajstić information content (AvgIpc) is 2.46. The van der Waals surface area contributed by atoms with Crippen LogP contribution in [0.25, 0.3) is 0 Å². The zero-order chi connectivity index (χ0) is 15.2. The van der Waals surface area contributed by atoms with Gasteiger partial charge in [-0.2, -0.15) is 5.26 Å². The maximum atomic E-state index is 13.4. The highest BCUT2D eigenvalue weighted by Gasteiger charge is 2.04. The van der Waals surface area contributed by atoms with Gasteiger partial charge in [-0.15, -0.1) is 0 Å². The Morgan fingerprint density at radius 3 is 2.43 bits per heavy atom. The summed E-state index contributed by atoms with van der Waals surface area (Å²) in [6, 6.07) is 12.7. The van der Waals surface area contributed by atoms with E-state index in [1.807, 2.05) is 0 Å². The average molecular weight is 285 g/mol. The Morgan fingerprint density at radius 1 is 1.19 bits per heavy atom. The smallest absolute Gasteiger partial charge is 0.307 e. The lowest BCUT2D eigenvalue weighted by Gasteiger charge is -2.07. The van der Waals surface area contributed by atoms with Gasteiger partial charge in [0, 0.05) is 6.07 Å². The highest BCUT2D eigenvalue weighted by Crippen LogP contribution is 2.17. The molecule has 106 valence electrons. The highest BCUT2D eigenvalue weighted by molar-refractivity contribution is 5.70. The summed E-state index contributed by atoms with van der Waals surface area (Å²) in [5.41, 5.74) is 1.52. The molecule has 2 aromatic rings. The third-order valence-electron chi connectivity index (χ3n) is 2.84. The number of nitrogens with zero attached hydrogens (tertiary/aromatic N) is 1. The van der Waals surface area contributed by atoms with Crippen molar-refractivity contribution in [2.24, 2.45) is 0 Å². The van der Waals surface area contributed by atoms with Gasteiger partial charge < -0.3 is 9.84 Å². The molecule has 2 rings (SSSR count). The lowest BCUT2D eigenvalue weighted by Crippen LogP contribution is -2.01. The lowest BCUT2D eigenvalue weighted by atomic mass is 10.1. The van der Waals surface area contributed by atoms with E-state index in [0.717, 1.165) is 11.6 Å². The number of ether oxygens (including phenoxy) is 1. The van der Waals surface area contributed by atoms with Crippen LogP contribution >= 0.6 is 0 Å². The number of nitriles is 1. The molecule has 0 unspecified atom stereocenters. The third-order valence-corrected chi connectivity index (χ3v) is 2.84. The van der Waals surface area contributed by atoms with Crippen molar-refractivity contribution in [3.05, 3.63) is 65.0 Å². The standard InChI is InChI=1S/C16H12FNO3/c17-15-8-14(6-5-13(15)9-18)21-10-12-3-1-11(2-4-12)7-16(19)20/h1-6,8H,7,10H2,(H,19,20). The fourth-order valence-corrected chi connectivity index (χ4v) is 1.77. The first kappa shape index (κ1) is 14.5. The summed E-state index contributed by atoms with van der Waals surface area (Å²) in [6.45, 7) is 0.235. The van der Waals surface area contributed by atoms with Gasteiger partial charge in [-0.3, -0.25) is 4.79 Å². The molecule has 0 atom stereocenters. The fourth-order valence-electron chi connectivity index (χ4n) is 1.77. The number of halogens is 1. The second-order valence-corrected chi connectivity index (χ2v) is 4.43. The molecule has 2 aromatic carbocycles. The van der Waals surface area contributed by atoms with E-state index in [0.29, 0.717) is 11.3 Å². The van der Waals surface area contributed by atoms with Crippen molar-refractivity contribution in [1.82, 2.24) is 0 Å². The van der Waals surface area contributed by atoms with Gasteiger partial charge in [0.05, 0.1) is 12.0 Å². The zero-order valence-electron chi connectivity index (χ0n) is 11.0. The van der Waals surface area contributed by atoms with Crippen molar-refractivity contribution >= 4 is 5.97 Å². The number of benzene rings is 2. The molecule has 5 heteroatoms. The Kier molecular flexibility index (Phi) is 4.52. The molecule has 0 aliphatic carbocycles. The van der Waals surface area contributed by atoms with Crippen LogP contribution in [0.1, 0.15) is 16.7 Å². The van der Waals surface area contributed by atoms with E-state index in [4.69, 9.17) is 15.1 Å². The zero-order valence-corrected chi connectivity index (χ0v) is 11.0. The minimum absolute atomic E-state index is 0.0258. The Hall–Kier alpha value is -2.87. The predicted octanol–water partition coefficient (Wildman–Crippen LogP) is 2.90. The summed E-state index contributed by atoms with van der Waals surface area (Å²) in [6.07, 6.45) is -0.0258. The van der Waals surface area contributed by atoms with E-state index in [1.54, 1.807) is 30.3 Å². The number of rotatable bonds is 5. The summed E-state index contributed by atoms with van der Waals surface area (Å²) in [7, 11) is 0. The van der Waals surface area contributed by atoms with Crippen LogP contribution in [0.15, 0.2) is 42.5 Å². The Balaban J connectivity index is 1.98. The SMILES string of the molecule is N#Cc1ccc(OCc2ccc(CC(=O)O)cc2)cc1F. The summed E-state index contributed by atoms with van der Waals surface area (Å²) in [4.78, 5) is 10.6. The van der Waals surface area contributed by atoms with Crippen LogP contribution in [-0.4, -0.2) is 11.1 Å². The number of carboxylic acid groups (broad SMARTS) is 1. The van der Waals surface area contributed by atoms with Crippen molar-refractivity contribution < 1.29 is 19.0 Å². The molecular formula is C16H12FNO3. The molecule has 0 aliphatic rings. The maximum Gasteiger partial charge on any atom is 0.307 e. The topological polar surface area (TPSA) is 70.3 Å². The first-order valence-corrected chi connectivity index (χ1v) is 6.20. The summed E-state index contributed by atoms with van der Waals surface area (Å²) >= 11 is 0. The van der Waals surface area contributed by atoms with E-state index in [2.05, 4.69) is 0 Å². The van der Waals surface area contributed by atoms with Crippen LogP contribution in [0.2, 0.25) is 0 Å². The van der Waals surface area contributed by atoms with Crippen LogP contribution < -0.4 is 4.74 Å². The largest absolute Gasteiger partial charge is 0.489 e. The molecule has 0 saturated heterocycles. The molecule has 1 N–H and O–H groups in total. The number of hydrogen-bond acceptors (Lipinski definition) is 3. The molecule has 0 spiro atoms. The Labute approximate surface area is 121 Å². The highest BCUT2D eigenvalue weighted by atomic mass is 19.1. The molecule has 0 aromatic heterocycles. The molecule has 0 amide bonds. The first-order valence-electron chi connectivity index (χ1n) is 6.20. The molecule has 0 heterocycles. The van der Waals surface area contributed by atoms with Gasteiger partial charge in [0.15, 0.2) is 0 Å². The monoisotopic (exact) mass is 285 g/mol. The second kappa shape index (κ2) is 6.53. The molecule has 0 aliphatic heterocycles. The van der Waals surface area contributed by atoms with Crippen molar-refractivity contribution in [2.75, 3.05) is 0 Å². The van der Waals surface area contributed by atoms with Crippen molar-refractivity contribution in [3.63, 3.8) is 0 Å². The summed E-state index contributed by atoms with van der Waals surface area (Å²) in [5, 5.41) is 17.3. The molecule has 21 heavy (non-hydrogen) atoms. The van der Waals surface area contributed by atoms with E-state index in [1.165, 1.54) is 12.1 Å². The van der Waals surface area contributed by atoms with Crippen LogP contribution in [0, 0.1) is 17.1 Å². The quantitative estimate of drug-likeness (QED) is 0.917. The van der Waals surface area contributed by atoms with Crippen LogP contribution in [-0.2, 0) is 17.8 Å². The summed E-state index contributed by atoms with van der Waals surface area (Å²) in [5.74, 6) is -1.17. The number of hydrogen-bond donors (Lipinski definition) is 1. The lowest BCUT2D eigenvalue weighted by molar-refractivity contribution is -0.136. The van der Waals surface area contributed by atoms with E-state index < -0.39 is 11.8 Å². The van der Waals surface area contributed by atoms with Gasteiger partial charge >= 0.3 is 5.97 Å². The van der Waals surface area contributed by atoms with Crippen LogP contribution in [0.5, 0.6) is 5.75 Å². The van der Waals surface area contributed by atoms with Gasteiger partial charge in [0.2, 0.25) is 0 Å². The van der Waals surface area contributed by atoms with E-state index in [9.17, 15) is 9.18 Å². The molecule has 4 nitrogen and oxygen atoms in total. The third kappa shape index (κ3) is 4.05. The van der Waals surface area contributed by atoms with Gasteiger partial charge in [-0.25, -0.2) is 4.39 Å². The molecule has 0 saturated carbocycles. The number of aliphatic carboxylic acids is 1. The maximum absolute atomic E-state index is 13.4. The fraction of sp³-hybridized carbons (Fsp3) is 0.125. The first-order chi connectivity index (χ1) is 10.1. The molecule has 0 fully saturated rings. The minimum Gasteiger partial charge on any atom is -0.489 e.